The molecule has 1 rings (SSSR count). The Kier molecular flexibility index (Phi) is 6.86. The summed E-state index contributed by atoms with van der Waals surface area (Å²) in [6, 6.07) is 0. The second-order valence-electron chi connectivity index (χ2n) is 3.89. The van der Waals surface area contributed by atoms with E-state index >= 15 is 0 Å². The van der Waals surface area contributed by atoms with E-state index in [0.29, 0.717) is 17.4 Å². The number of anilines is 2. The van der Waals surface area contributed by atoms with Crippen LogP contribution in [0.15, 0.2) is 6.33 Å². The summed E-state index contributed by atoms with van der Waals surface area (Å²) in [5, 5.41) is 3.16. The molecule has 0 fully saturated rings. The van der Waals surface area contributed by atoms with Gasteiger partial charge < -0.3 is 20.5 Å². The molecular weight excluding hydrogens is 232 g/mol. The van der Waals surface area contributed by atoms with Gasteiger partial charge in [0.15, 0.2) is 11.6 Å². The molecule has 0 bridgehead atoms. The first-order valence-corrected chi connectivity index (χ1v) is 6.25. The summed E-state index contributed by atoms with van der Waals surface area (Å²) in [6.45, 7) is 4.49. The second-order valence-corrected chi connectivity index (χ2v) is 3.89. The van der Waals surface area contributed by atoms with Crippen molar-refractivity contribution in [3.05, 3.63) is 6.33 Å². The lowest BCUT2D eigenvalue weighted by molar-refractivity contribution is 0.131. The molecule has 6 heteroatoms. The number of unbranched alkanes of at least 4 members (excludes halogenated alkanes) is 1. The van der Waals surface area contributed by atoms with Crippen molar-refractivity contribution in [1.82, 2.24) is 9.97 Å². The second kappa shape index (κ2) is 8.52. The van der Waals surface area contributed by atoms with E-state index < -0.39 is 0 Å². The van der Waals surface area contributed by atoms with E-state index in [2.05, 4.69) is 22.2 Å². The minimum atomic E-state index is 0.342. The molecule has 0 amide bonds. The van der Waals surface area contributed by atoms with Gasteiger partial charge in [-0.1, -0.05) is 13.3 Å². The van der Waals surface area contributed by atoms with Crippen molar-refractivity contribution in [2.45, 2.75) is 26.2 Å². The van der Waals surface area contributed by atoms with Crippen LogP contribution in [0.4, 0.5) is 11.6 Å². The first-order chi connectivity index (χ1) is 8.79. The molecule has 0 saturated heterocycles. The third-order valence-electron chi connectivity index (χ3n) is 2.44. The molecule has 0 radical (unpaired) electrons. The van der Waals surface area contributed by atoms with Crippen LogP contribution in [0, 0.1) is 0 Å². The van der Waals surface area contributed by atoms with Gasteiger partial charge in [-0.15, -0.1) is 0 Å². The van der Waals surface area contributed by atoms with Gasteiger partial charge in [0.1, 0.15) is 6.33 Å². The highest BCUT2D eigenvalue weighted by atomic mass is 16.5. The molecule has 0 aromatic carbocycles. The van der Waals surface area contributed by atoms with Crippen LogP contribution in [-0.4, -0.2) is 36.8 Å². The average molecular weight is 254 g/mol. The number of hydrogen-bond donors (Lipinski definition) is 2. The number of nitrogens with zero attached hydrogens (tertiary/aromatic N) is 2. The minimum Gasteiger partial charge on any atom is -0.490 e. The number of hydrogen-bond acceptors (Lipinski definition) is 6. The number of nitrogen functional groups attached to an aromatic ring is 1. The highest BCUT2D eigenvalue weighted by Gasteiger charge is 2.08. The number of nitrogens with one attached hydrogen (secondary N) is 1. The number of nitrogens with two attached hydrogens (primary N) is 1. The summed E-state index contributed by atoms with van der Waals surface area (Å²) in [6.07, 6.45) is 4.61. The lowest BCUT2D eigenvalue weighted by Crippen LogP contribution is -2.10. The number of aromatic nitrogens is 2. The fourth-order valence-electron chi connectivity index (χ4n) is 1.44. The zero-order chi connectivity index (χ0) is 13.2. The predicted molar refractivity (Wildman–Crippen MR) is 71.8 cm³/mol. The molecule has 102 valence electrons. The maximum atomic E-state index is 5.68. The Morgan fingerprint density at radius 2 is 2.06 bits per heavy atom. The molecule has 1 aromatic rings. The molecule has 3 N–H and O–H groups in total. The molecule has 1 heterocycles. The smallest absolute Gasteiger partial charge is 0.203 e. The van der Waals surface area contributed by atoms with Crippen molar-refractivity contribution in [1.29, 1.82) is 0 Å². The SMILES string of the molecule is CCCCOCCCNc1ncnc(N)c1OC. The largest absolute Gasteiger partial charge is 0.490 e. The Bertz CT molecular complexity index is 347. The van der Waals surface area contributed by atoms with Crippen LogP contribution in [0.2, 0.25) is 0 Å². The summed E-state index contributed by atoms with van der Waals surface area (Å²) < 4.78 is 10.6. The van der Waals surface area contributed by atoms with Gasteiger partial charge in [-0.3, -0.25) is 0 Å². The first-order valence-electron chi connectivity index (χ1n) is 6.25. The molecule has 0 aliphatic heterocycles. The highest BCUT2D eigenvalue weighted by molar-refractivity contribution is 5.61. The fourth-order valence-corrected chi connectivity index (χ4v) is 1.44. The zero-order valence-corrected chi connectivity index (χ0v) is 11.1. The van der Waals surface area contributed by atoms with E-state index in [1.54, 1.807) is 7.11 Å². The first kappa shape index (κ1) is 14.5. The monoisotopic (exact) mass is 254 g/mol. The average Bonchev–Trinajstić information content (AvgIpc) is 2.38. The molecular formula is C12H22N4O2. The number of rotatable bonds is 9. The maximum Gasteiger partial charge on any atom is 0.203 e. The molecule has 0 unspecified atom stereocenters. The predicted octanol–water partition coefficient (Wildman–Crippen LogP) is 1.69. The van der Waals surface area contributed by atoms with E-state index in [9.17, 15) is 0 Å². The van der Waals surface area contributed by atoms with E-state index in [1.807, 2.05) is 0 Å². The molecule has 0 saturated carbocycles. The molecule has 1 aromatic heterocycles. The Hall–Kier alpha value is -1.56. The topological polar surface area (TPSA) is 82.3 Å². The van der Waals surface area contributed by atoms with Crippen LogP contribution >= 0.6 is 0 Å². The van der Waals surface area contributed by atoms with Crippen molar-refractivity contribution < 1.29 is 9.47 Å². The zero-order valence-electron chi connectivity index (χ0n) is 11.1. The molecule has 0 aliphatic rings. The van der Waals surface area contributed by atoms with Gasteiger partial charge in [0.2, 0.25) is 5.75 Å². The third-order valence-corrected chi connectivity index (χ3v) is 2.44. The van der Waals surface area contributed by atoms with Crippen LogP contribution < -0.4 is 15.8 Å². The third kappa shape index (κ3) is 4.75. The van der Waals surface area contributed by atoms with Crippen molar-refractivity contribution >= 4 is 11.6 Å². The summed E-state index contributed by atoms with van der Waals surface area (Å²) in [7, 11) is 1.55. The summed E-state index contributed by atoms with van der Waals surface area (Å²) in [5.74, 6) is 1.46. The van der Waals surface area contributed by atoms with E-state index in [4.69, 9.17) is 15.2 Å². The normalized spacial score (nSPS) is 10.3. The van der Waals surface area contributed by atoms with Gasteiger partial charge in [-0.25, -0.2) is 9.97 Å². The van der Waals surface area contributed by atoms with E-state index in [-0.39, 0.29) is 0 Å². The van der Waals surface area contributed by atoms with Crippen molar-refractivity contribution in [3.63, 3.8) is 0 Å². The molecule has 6 nitrogen and oxygen atoms in total. The van der Waals surface area contributed by atoms with Gasteiger partial charge >= 0.3 is 0 Å². The van der Waals surface area contributed by atoms with Crippen LogP contribution in [0.1, 0.15) is 26.2 Å². The Balaban J connectivity index is 2.25. The Morgan fingerprint density at radius 3 is 2.78 bits per heavy atom. The lowest BCUT2D eigenvalue weighted by Gasteiger charge is -2.10. The molecule has 0 aliphatic carbocycles. The molecule has 0 atom stereocenters. The van der Waals surface area contributed by atoms with E-state index in [0.717, 1.165) is 39.0 Å². The van der Waals surface area contributed by atoms with Crippen LogP contribution in [0.5, 0.6) is 5.75 Å². The van der Waals surface area contributed by atoms with Crippen LogP contribution in [0.25, 0.3) is 0 Å². The van der Waals surface area contributed by atoms with Gasteiger partial charge in [-0.05, 0) is 12.8 Å². The number of methoxy groups -OCH3 is 1. The standard InChI is InChI=1S/C12H22N4O2/c1-3-4-7-18-8-5-6-14-12-10(17-2)11(13)15-9-16-12/h9H,3-8H2,1-2H3,(H3,13,14,15,16). The molecule has 18 heavy (non-hydrogen) atoms. The fraction of sp³-hybridized carbons (Fsp3) is 0.667. The molecule has 0 spiro atoms. The Labute approximate surface area is 108 Å². The highest BCUT2D eigenvalue weighted by Crippen LogP contribution is 2.25. The number of ether oxygens (including phenoxy) is 2. The van der Waals surface area contributed by atoms with Gasteiger partial charge in [0, 0.05) is 19.8 Å². The van der Waals surface area contributed by atoms with Gasteiger partial charge in [0.25, 0.3) is 0 Å². The maximum absolute atomic E-state index is 5.68. The summed E-state index contributed by atoms with van der Waals surface area (Å²) in [4.78, 5) is 7.96. The minimum absolute atomic E-state index is 0.342. The van der Waals surface area contributed by atoms with Crippen molar-refractivity contribution in [2.75, 3.05) is 37.9 Å². The summed E-state index contributed by atoms with van der Waals surface area (Å²) in [5.41, 5.74) is 5.68. The van der Waals surface area contributed by atoms with Gasteiger partial charge in [0.05, 0.1) is 7.11 Å². The Morgan fingerprint density at radius 1 is 1.28 bits per heavy atom. The van der Waals surface area contributed by atoms with Gasteiger partial charge in [-0.2, -0.15) is 0 Å². The van der Waals surface area contributed by atoms with E-state index in [1.165, 1.54) is 6.33 Å². The van der Waals surface area contributed by atoms with Crippen LogP contribution in [0.3, 0.4) is 0 Å². The quantitative estimate of drug-likeness (QED) is 0.652. The van der Waals surface area contributed by atoms with Crippen molar-refractivity contribution in [2.24, 2.45) is 0 Å². The lowest BCUT2D eigenvalue weighted by atomic mass is 10.3. The summed E-state index contributed by atoms with van der Waals surface area (Å²) >= 11 is 0. The van der Waals surface area contributed by atoms with Crippen LogP contribution in [-0.2, 0) is 4.74 Å². The van der Waals surface area contributed by atoms with Crippen molar-refractivity contribution in [3.8, 4) is 5.75 Å².